The first-order chi connectivity index (χ1) is 31.9. The van der Waals surface area contributed by atoms with E-state index in [1.807, 2.05) is 38.1 Å². The van der Waals surface area contributed by atoms with Gasteiger partial charge in [-0.3, -0.25) is 19.6 Å². The van der Waals surface area contributed by atoms with Crippen molar-refractivity contribution < 1.29 is 38.7 Å². The highest BCUT2D eigenvalue weighted by atomic mass is 35.5. The molecule has 0 fully saturated rings. The topological polar surface area (TPSA) is 197 Å². The van der Waals surface area contributed by atoms with Crippen LogP contribution in [0.25, 0.3) is 11.1 Å². The van der Waals surface area contributed by atoms with E-state index in [1.165, 1.54) is 12.4 Å². The van der Waals surface area contributed by atoms with E-state index < -0.39 is 11.9 Å². The molecule has 0 radical (unpaired) electrons. The number of nitriles is 2. The molecule has 2 aromatic heterocycles. The summed E-state index contributed by atoms with van der Waals surface area (Å²) in [6, 6.07) is 26.7. The average molecular weight is 929 g/mol. The van der Waals surface area contributed by atoms with Gasteiger partial charge in [-0.1, -0.05) is 59.6 Å². The molecule has 4 aromatic carbocycles. The number of pyridine rings is 2. The van der Waals surface area contributed by atoms with E-state index in [0.717, 1.165) is 38.9 Å². The molecule has 0 spiro atoms. The molecule has 6 aromatic rings. The summed E-state index contributed by atoms with van der Waals surface area (Å²) in [4.78, 5) is 30.4. The molecule has 0 atom stereocenters. The number of hydrogen-bond acceptors (Lipinski definition) is 11. The summed E-state index contributed by atoms with van der Waals surface area (Å²) in [5.41, 5.74) is 9.68. The zero-order valence-corrected chi connectivity index (χ0v) is 37.9. The van der Waals surface area contributed by atoms with Crippen molar-refractivity contribution in [3.8, 4) is 46.3 Å². The van der Waals surface area contributed by atoms with Crippen LogP contribution in [0.2, 0.25) is 10.0 Å². The molecule has 0 aliphatic rings. The second-order valence-electron chi connectivity index (χ2n) is 15.4. The molecule has 15 heteroatoms. The molecule has 0 unspecified atom stereocenters. The Morgan fingerprint density at radius 2 is 1.09 bits per heavy atom. The number of aryl methyl sites for hydroxylation is 1. The van der Waals surface area contributed by atoms with E-state index in [1.54, 1.807) is 48.8 Å². The lowest BCUT2D eigenvalue weighted by Gasteiger charge is -2.19. The minimum Gasteiger partial charge on any atom is -0.488 e. The van der Waals surface area contributed by atoms with Gasteiger partial charge < -0.3 is 34.5 Å². The minimum atomic E-state index is -0.910. The smallest absolute Gasteiger partial charge is 0.304 e. The van der Waals surface area contributed by atoms with E-state index in [-0.39, 0.29) is 45.8 Å². The fourth-order valence-electron chi connectivity index (χ4n) is 7.14. The Balaban J connectivity index is 1.18. The molecule has 0 bridgehead atoms. The summed E-state index contributed by atoms with van der Waals surface area (Å²) in [5, 5.41) is 40.7. The first kappa shape index (κ1) is 48.3. The maximum Gasteiger partial charge on any atom is 0.304 e. The summed E-state index contributed by atoms with van der Waals surface area (Å²) >= 11 is 13.6. The second kappa shape index (κ2) is 23.7. The maximum absolute atomic E-state index is 11.1. The second-order valence-corrected chi connectivity index (χ2v) is 16.2. The lowest BCUT2D eigenvalue weighted by molar-refractivity contribution is -0.138. The van der Waals surface area contributed by atoms with Gasteiger partial charge >= 0.3 is 11.9 Å². The number of aromatic nitrogens is 2. The Morgan fingerprint density at radius 3 is 1.59 bits per heavy atom. The van der Waals surface area contributed by atoms with E-state index >= 15 is 0 Å². The Kier molecular flexibility index (Phi) is 17.3. The van der Waals surface area contributed by atoms with Crippen LogP contribution in [-0.2, 0) is 49.0 Å². The third kappa shape index (κ3) is 13.4. The van der Waals surface area contributed by atoms with Crippen molar-refractivity contribution in [2.45, 2.75) is 78.9 Å². The van der Waals surface area contributed by atoms with Gasteiger partial charge in [0.1, 0.15) is 61.6 Å². The zero-order chi connectivity index (χ0) is 47.0. The number of benzene rings is 4. The Hall–Kier alpha value is -7.16. The number of carboxylic acids is 2. The monoisotopic (exact) mass is 927 g/mol. The van der Waals surface area contributed by atoms with Crippen LogP contribution in [0.15, 0.2) is 97.6 Å². The first-order valence-electron chi connectivity index (χ1n) is 21.1. The number of halogens is 2. The Morgan fingerprint density at radius 1 is 0.606 bits per heavy atom. The molecule has 2 heterocycles. The van der Waals surface area contributed by atoms with Gasteiger partial charge in [0.25, 0.3) is 0 Å². The van der Waals surface area contributed by atoms with Gasteiger partial charge in [-0.15, -0.1) is 0 Å². The SMILES string of the molecule is Cc1c(COc2cc(OCc3cncc(C#N)c3)c(CCCCC(=O)O)cc2Cl)cccc1-c1cccc(COc2cc(OCc3cncc(C#N)c3)c(CNCCC(=O)O)cc2Cl)c1C. The summed E-state index contributed by atoms with van der Waals surface area (Å²) in [7, 11) is 0. The van der Waals surface area contributed by atoms with Crippen LogP contribution in [0.5, 0.6) is 23.0 Å². The van der Waals surface area contributed by atoms with Gasteiger partial charge in [0.2, 0.25) is 0 Å². The van der Waals surface area contributed by atoms with Crippen molar-refractivity contribution in [1.29, 1.82) is 10.5 Å². The van der Waals surface area contributed by atoms with Crippen LogP contribution >= 0.6 is 23.2 Å². The summed E-state index contributed by atoms with van der Waals surface area (Å²) in [5.74, 6) is 0.0781. The van der Waals surface area contributed by atoms with E-state index in [2.05, 4.69) is 39.6 Å². The minimum absolute atomic E-state index is 0.0454. The third-order valence-electron chi connectivity index (χ3n) is 10.7. The highest BCUT2D eigenvalue weighted by molar-refractivity contribution is 6.32. The van der Waals surface area contributed by atoms with E-state index in [4.69, 9.17) is 52.4 Å². The third-order valence-corrected chi connectivity index (χ3v) is 11.3. The lowest BCUT2D eigenvalue weighted by Crippen LogP contribution is -2.18. The predicted molar refractivity (Wildman–Crippen MR) is 249 cm³/mol. The van der Waals surface area contributed by atoms with Gasteiger partial charge in [-0.25, -0.2) is 0 Å². The Labute approximate surface area is 393 Å². The number of rotatable bonds is 23. The number of unbranched alkanes of at least 4 members (excludes halogenated alkanes) is 1. The predicted octanol–water partition coefficient (Wildman–Crippen LogP) is 10.5. The van der Waals surface area contributed by atoms with Gasteiger partial charge in [0.15, 0.2) is 0 Å². The van der Waals surface area contributed by atoms with Crippen LogP contribution < -0.4 is 24.3 Å². The molecule has 6 rings (SSSR count). The van der Waals surface area contributed by atoms with Crippen molar-refractivity contribution in [3.05, 3.63) is 163 Å². The number of carboxylic acid groups (broad SMARTS) is 2. The van der Waals surface area contributed by atoms with E-state index in [9.17, 15) is 20.1 Å². The van der Waals surface area contributed by atoms with Crippen LogP contribution in [0.4, 0.5) is 0 Å². The maximum atomic E-state index is 11.1. The number of nitrogens with one attached hydrogen (secondary N) is 1. The summed E-state index contributed by atoms with van der Waals surface area (Å²) in [6.07, 6.45) is 7.90. The van der Waals surface area contributed by atoms with Gasteiger partial charge in [-0.05, 0) is 96.3 Å². The van der Waals surface area contributed by atoms with Crippen LogP contribution in [-0.4, -0.2) is 38.7 Å². The normalized spacial score (nSPS) is 10.8. The molecule has 338 valence electrons. The average Bonchev–Trinajstić information content (AvgIpc) is 3.31. The number of ether oxygens (including phenoxy) is 4. The molecule has 0 aliphatic heterocycles. The van der Waals surface area contributed by atoms with Gasteiger partial charge in [-0.2, -0.15) is 10.5 Å². The molecular formula is C51H47Cl2N5O8. The Bertz CT molecular complexity index is 2600. The number of aliphatic carboxylic acids is 2. The highest BCUT2D eigenvalue weighted by Gasteiger charge is 2.17. The van der Waals surface area contributed by atoms with Crippen molar-refractivity contribution in [2.24, 2.45) is 0 Å². The molecule has 3 N–H and O–H groups in total. The largest absolute Gasteiger partial charge is 0.488 e. The van der Waals surface area contributed by atoms with Crippen LogP contribution in [0, 0.1) is 36.5 Å². The van der Waals surface area contributed by atoms with Crippen molar-refractivity contribution in [3.63, 3.8) is 0 Å². The standard InChI is InChI=1S/C51H47Cl2N5O8/c1-32-39(30-65-48-19-46(63-28-36-15-34(21-54)23-57-25-36)38(17-44(48)52)7-3-4-12-50(59)60)8-5-10-42(32)43-11-6-9-40(33(43)2)31-66-49-20-47(64-29-37-16-35(22-55)24-58-26-37)41(18-45(49)53)27-56-14-13-51(61)62/h5-6,8-11,15-20,23-26,56H,3-4,7,12-14,27-31H2,1-2H3,(H,59,60)(H,61,62). The van der Waals surface area contributed by atoms with Gasteiger partial charge in [0.05, 0.1) is 27.6 Å². The fourth-order valence-corrected chi connectivity index (χ4v) is 7.62. The fraction of sp³-hybridized carbons (Fsp3) is 0.255. The summed E-state index contributed by atoms with van der Waals surface area (Å²) in [6.45, 7) is 5.32. The summed E-state index contributed by atoms with van der Waals surface area (Å²) < 4.78 is 25.2. The highest BCUT2D eigenvalue weighted by Crippen LogP contribution is 2.38. The number of hydrogen-bond donors (Lipinski definition) is 3. The molecule has 0 saturated carbocycles. The molecule has 13 nitrogen and oxygen atoms in total. The first-order valence-corrected chi connectivity index (χ1v) is 21.8. The lowest BCUT2D eigenvalue weighted by atomic mass is 9.92. The zero-order valence-electron chi connectivity index (χ0n) is 36.4. The van der Waals surface area contributed by atoms with Crippen molar-refractivity contribution >= 4 is 35.1 Å². The number of nitrogens with zero attached hydrogens (tertiary/aromatic N) is 4. The molecular weight excluding hydrogens is 881 g/mol. The molecule has 0 saturated heterocycles. The van der Waals surface area contributed by atoms with Gasteiger partial charge in [0, 0.05) is 73.1 Å². The molecule has 0 amide bonds. The van der Waals surface area contributed by atoms with Crippen molar-refractivity contribution in [2.75, 3.05) is 6.54 Å². The van der Waals surface area contributed by atoms with Crippen LogP contribution in [0.3, 0.4) is 0 Å². The van der Waals surface area contributed by atoms with Crippen LogP contribution in [0.1, 0.15) is 81.3 Å². The van der Waals surface area contributed by atoms with E-state index in [0.29, 0.717) is 86.7 Å². The molecule has 0 aliphatic carbocycles. The quantitative estimate of drug-likeness (QED) is 0.0514. The molecule has 66 heavy (non-hydrogen) atoms. The van der Waals surface area contributed by atoms with Crippen molar-refractivity contribution in [1.82, 2.24) is 15.3 Å². The number of carbonyl (C=O) groups is 2.